The summed E-state index contributed by atoms with van der Waals surface area (Å²) >= 11 is 0. The topological polar surface area (TPSA) is 31.0 Å². The number of hydrogen-bond donors (Lipinski definition) is 0. The second-order valence-electron chi connectivity index (χ2n) is 4.75. The summed E-state index contributed by atoms with van der Waals surface area (Å²) in [6.07, 6.45) is 0. The first-order chi connectivity index (χ1) is 9.24. The maximum Gasteiger partial charge on any atom is 0.157 e. The van der Waals surface area contributed by atoms with E-state index in [0.29, 0.717) is 0 Å². The highest BCUT2D eigenvalue weighted by Crippen LogP contribution is 2.20. The van der Waals surface area contributed by atoms with E-state index in [4.69, 9.17) is 4.52 Å². The van der Waals surface area contributed by atoms with Gasteiger partial charge < -0.3 is 9.09 Å². The third-order valence-corrected chi connectivity index (χ3v) is 3.36. The molecule has 19 heavy (non-hydrogen) atoms. The molecule has 0 aliphatic heterocycles. The SMILES string of the molecule is Cc1ccc(C)n1Cc1cc(-c2ccccc2)no1. The van der Waals surface area contributed by atoms with Crippen LogP contribution in [0.4, 0.5) is 0 Å². The van der Waals surface area contributed by atoms with Gasteiger partial charge in [-0.25, -0.2) is 0 Å². The highest BCUT2D eigenvalue weighted by atomic mass is 16.5. The number of aryl methyl sites for hydroxylation is 2. The maximum atomic E-state index is 5.43. The lowest BCUT2D eigenvalue weighted by atomic mass is 10.1. The van der Waals surface area contributed by atoms with Crippen LogP contribution in [-0.4, -0.2) is 9.72 Å². The van der Waals surface area contributed by atoms with Gasteiger partial charge in [0.2, 0.25) is 0 Å². The van der Waals surface area contributed by atoms with Gasteiger partial charge in [-0.2, -0.15) is 0 Å². The molecule has 2 heterocycles. The predicted octanol–water partition coefficient (Wildman–Crippen LogP) is 3.81. The van der Waals surface area contributed by atoms with Gasteiger partial charge in [0.05, 0.1) is 6.54 Å². The van der Waals surface area contributed by atoms with Crippen LogP contribution in [0.2, 0.25) is 0 Å². The van der Waals surface area contributed by atoms with E-state index in [2.05, 4.69) is 35.7 Å². The molecule has 0 saturated carbocycles. The minimum atomic E-state index is 0.727. The van der Waals surface area contributed by atoms with E-state index >= 15 is 0 Å². The van der Waals surface area contributed by atoms with Gasteiger partial charge in [-0.15, -0.1) is 0 Å². The first-order valence-corrected chi connectivity index (χ1v) is 6.38. The van der Waals surface area contributed by atoms with E-state index in [1.807, 2.05) is 36.4 Å². The Balaban J connectivity index is 1.87. The molecule has 0 bridgehead atoms. The fourth-order valence-corrected chi connectivity index (χ4v) is 2.24. The largest absolute Gasteiger partial charge is 0.359 e. The Kier molecular flexibility index (Phi) is 2.95. The lowest BCUT2D eigenvalue weighted by Gasteiger charge is -2.05. The first-order valence-electron chi connectivity index (χ1n) is 6.38. The minimum Gasteiger partial charge on any atom is -0.359 e. The standard InChI is InChI=1S/C16H16N2O/c1-12-8-9-13(2)18(12)11-15-10-16(17-19-15)14-6-4-3-5-7-14/h3-10H,11H2,1-2H3. The summed E-state index contributed by atoms with van der Waals surface area (Å²) in [6.45, 7) is 4.92. The summed E-state index contributed by atoms with van der Waals surface area (Å²) in [7, 11) is 0. The molecular formula is C16H16N2O. The molecule has 0 radical (unpaired) electrons. The van der Waals surface area contributed by atoms with Gasteiger partial charge in [-0.3, -0.25) is 0 Å². The van der Waals surface area contributed by atoms with Crippen LogP contribution in [0.3, 0.4) is 0 Å². The van der Waals surface area contributed by atoms with Crippen molar-refractivity contribution >= 4 is 0 Å². The van der Waals surface area contributed by atoms with Gasteiger partial charge in [0.15, 0.2) is 5.76 Å². The molecule has 0 aliphatic rings. The van der Waals surface area contributed by atoms with E-state index in [9.17, 15) is 0 Å². The van der Waals surface area contributed by atoms with Crippen molar-refractivity contribution in [2.24, 2.45) is 0 Å². The van der Waals surface area contributed by atoms with Crippen LogP contribution in [0.5, 0.6) is 0 Å². The third-order valence-electron chi connectivity index (χ3n) is 3.36. The van der Waals surface area contributed by atoms with Crippen LogP contribution in [0.25, 0.3) is 11.3 Å². The first kappa shape index (κ1) is 11.8. The van der Waals surface area contributed by atoms with Crippen LogP contribution in [0.1, 0.15) is 17.1 Å². The monoisotopic (exact) mass is 252 g/mol. The molecule has 3 nitrogen and oxygen atoms in total. The predicted molar refractivity (Wildman–Crippen MR) is 74.9 cm³/mol. The summed E-state index contributed by atoms with van der Waals surface area (Å²) in [5, 5.41) is 4.14. The number of hydrogen-bond acceptors (Lipinski definition) is 2. The molecule has 0 aliphatic carbocycles. The van der Waals surface area contributed by atoms with Crippen molar-refractivity contribution in [3.05, 3.63) is 65.7 Å². The average Bonchev–Trinajstić information content (AvgIpc) is 3.02. The molecule has 3 aromatic rings. The lowest BCUT2D eigenvalue weighted by Crippen LogP contribution is -2.02. The molecule has 0 unspecified atom stereocenters. The van der Waals surface area contributed by atoms with E-state index in [-0.39, 0.29) is 0 Å². The van der Waals surface area contributed by atoms with Gasteiger partial charge in [0.1, 0.15) is 5.69 Å². The summed E-state index contributed by atoms with van der Waals surface area (Å²) < 4.78 is 7.65. The molecule has 3 heteroatoms. The third kappa shape index (κ3) is 2.32. The van der Waals surface area contributed by atoms with Crippen molar-refractivity contribution in [2.45, 2.75) is 20.4 Å². The van der Waals surface area contributed by atoms with E-state index in [0.717, 1.165) is 23.6 Å². The molecule has 0 amide bonds. The Bertz CT molecular complexity index is 660. The Morgan fingerprint density at radius 3 is 2.37 bits per heavy atom. The van der Waals surface area contributed by atoms with Crippen LogP contribution in [-0.2, 0) is 6.54 Å². The lowest BCUT2D eigenvalue weighted by molar-refractivity contribution is 0.377. The van der Waals surface area contributed by atoms with Crippen molar-refractivity contribution in [3.8, 4) is 11.3 Å². The number of aromatic nitrogens is 2. The van der Waals surface area contributed by atoms with Crippen molar-refractivity contribution < 1.29 is 4.52 Å². The van der Waals surface area contributed by atoms with Crippen molar-refractivity contribution in [3.63, 3.8) is 0 Å². The zero-order valence-electron chi connectivity index (χ0n) is 11.1. The quantitative estimate of drug-likeness (QED) is 0.709. The molecule has 2 aromatic heterocycles. The Labute approximate surface area is 112 Å². The zero-order chi connectivity index (χ0) is 13.2. The summed E-state index contributed by atoms with van der Waals surface area (Å²) in [5.74, 6) is 0.876. The van der Waals surface area contributed by atoms with Gasteiger partial charge >= 0.3 is 0 Å². The highest BCUT2D eigenvalue weighted by molar-refractivity contribution is 5.58. The smallest absolute Gasteiger partial charge is 0.157 e. The van der Waals surface area contributed by atoms with Crippen LogP contribution < -0.4 is 0 Å². The minimum absolute atomic E-state index is 0.727. The van der Waals surface area contributed by atoms with E-state index < -0.39 is 0 Å². The highest BCUT2D eigenvalue weighted by Gasteiger charge is 2.08. The average molecular weight is 252 g/mol. The summed E-state index contributed by atoms with van der Waals surface area (Å²) in [4.78, 5) is 0. The second-order valence-corrected chi connectivity index (χ2v) is 4.75. The molecule has 0 spiro atoms. The normalized spacial score (nSPS) is 10.8. The second kappa shape index (κ2) is 4.76. The molecule has 0 saturated heterocycles. The molecule has 3 rings (SSSR count). The van der Waals surface area contributed by atoms with Crippen molar-refractivity contribution in [1.82, 2.24) is 9.72 Å². The van der Waals surface area contributed by atoms with Gasteiger partial charge in [0.25, 0.3) is 0 Å². The van der Waals surface area contributed by atoms with Crippen LogP contribution in [0.15, 0.2) is 53.1 Å². The Morgan fingerprint density at radius 2 is 1.68 bits per heavy atom. The van der Waals surface area contributed by atoms with Gasteiger partial charge in [0, 0.05) is 23.0 Å². The zero-order valence-corrected chi connectivity index (χ0v) is 11.1. The van der Waals surface area contributed by atoms with Crippen molar-refractivity contribution in [1.29, 1.82) is 0 Å². The number of nitrogens with zero attached hydrogens (tertiary/aromatic N) is 2. The van der Waals surface area contributed by atoms with E-state index in [1.54, 1.807) is 0 Å². The van der Waals surface area contributed by atoms with Gasteiger partial charge in [-0.1, -0.05) is 35.5 Å². The molecule has 0 N–H and O–H groups in total. The Hall–Kier alpha value is -2.29. The summed E-state index contributed by atoms with van der Waals surface area (Å²) in [5.41, 5.74) is 4.43. The molecule has 1 aromatic carbocycles. The Morgan fingerprint density at radius 1 is 1.00 bits per heavy atom. The molecule has 0 atom stereocenters. The molecule has 0 fully saturated rings. The van der Waals surface area contributed by atoms with Crippen LogP contribution >= 0.6 is 0 Å². The molecule has 96 valence electrons. The van der Waals surface area contributed by atoms with E-state index in [1.165, 1.54) is 11.4 Å². The fourth-order valence-electron chi connectivity index (χ4n) is 2.24. The number of benzene rings is 1. The summed E-state index contributed by atoms with van der Waals surface area (Å²) in [6, 6.07) is 16.3. The van der Waals surface area contributed by atoms with Gasteiger partial charge in [-0.05, 0) is 26.0 Å². The maximum absolute atomic E-state index is 5.43. The fraction of sp³-hybridized carbons (Fsp3) is 0.188. The van der Waals surface area contributed by atoms with Crippen LogP contribution in [0, 0.1) is 13.8 Å². The number of rotatable bonds is 3. The molecular weight excluding hydrogens is 236 g/mol. The van der Waals surface area contributed by atoms with Crippen molar-refractivity contribution in [2.75, 3.05) is 0 Å².